The number of aliphatic hydroxyl groups excluding tert-OH is 1. The molecule has 0 aromatic carbocycles. The second-order valence-electron chi connectivity index (χ2n) is 6.52. The van der Waals surface area contributed by atoms with Crippen LogP contribution in [0.5, 0.6) is 0 Å². The van der Waals surface area contributed by atoms with E-state index in [0.29, 0.717) is 11.5 Å². The lowest BCUT2D eigenvalue weighted by molar-refractivity contribution is 0.0561. The number of hydrogen-bond acceptors (Lipinski definition) is 3. The molecule has 0 amide bonds. The number of rotatable bonds is 7. The molecule has 0 bridgehead atoms. The molecule has 2 N–H and O–H groups in total. The van der Waals surface area contributed by atoms with Crippen LogP contribution in [0.2, 0.25) is 0 Å². The Balaban J connectivity index is 2.70. The monoisotopic (exact) mass is 256 g/mol. The van der Waals surface area contributed by atoms with Crippen molar-refractivity contribution in [3.8, 4) is 0 Å². The lowest BCUT2D eigenvalue weighted by atomic mass is 9.69. The predicted molar refractivity (Wildman–Crippen MR) is 77.8 cm³/mol. The summed E-state index contributed by atoms with van der Waals surface area (Å²) in [5.74, 6) is 0.843. The number of nitrogens with zero attached hydrogens (tertiary/aromatic N) is 1. The van der Waals surface area contributed by atoms with Crippen LogP contribution in [0.4, 0.5) is 0 Å². The summed E-state index contributed by atoms with van der Waals surface area (Å²) in [7, 11) is 2.06. The van der Waals surface area contributed by atoms with Crippen LogP contribution in [-0.4, -0.2) is 49.3 Å². The summed E-state index contributed by atoms with van der Waals surface area (Å²) < 4.78 is 0. The van der Waals surface area contributed by atoms with Crippen molar-refractivity contribution in [3.05, 3.63) is 0 Å². The fourth-order valence-electron chi connectivity index (χ4n) is 3.58. The SMILES string of the molecule is CNCC1(CN(CCO)C(C)C)CCCC(C)C1. The molecule has 2 unspecified atom stereocenters. The lowest BCUT2D eigenvalue weighted by Crippen LogP contribution is -2.48. The maximum absolute atomic E-state index is 9.22. The Morgan fingerprint density at radius 3 is 2.67 bits per heavy atom. The molecular weight excluding hydrogens is 224 g/mol. The van der Waals surface area contributed by atoms with Gasteiger partial charge in [-0.05, 0) is 45.1 Å². The Morgan fingerprint density at radius 2 is 2.17 bits per heavy atom. The summed E-state index contributed by atoms with van der Waals surface area (Å²) in [6.07, 6.45) is 5.39. The Hall–Kier alpha value is -0.120. The highest BCUT2D eigenvalue weighted by Crippen LogP contribution is 2.39. The van der Waals surface area contributed by atoms with Crippen molar-refractivity contribution in [2.45, 2.75) is 52.5 Å². The largest absolute Gasteiger partial charge is 0.395 e. The fourth-order valence-corrected chi connectivity index (χ4v) is 3.58. The van der Waals surface area contributed by atoms with E-state index in [9.17, 15) is 5.11 Å². The summed E-state index contributed by atoms with van der Waals surface area (Å²) in [4.78, 5) is 2.44. The van der Waals surface area contributed by atoms with E-state index in [0.717, 1.165) is 25.6 Å². The highest BCUT2D eigenvalue weighted by molar-refractivity contribution is 4.90. The number of hydrogen-bond donors (Lipinski definition) is 2. The molecule has 0 radical (unpaired) electrons. The van der Waals surface area contributed by atoms with Crippen LogP contribution in [0.1, 0.15) is 46.5 Å². The van der Waals surface area contributed by atoms with Gasteiger partial charge in [-0.2, -0.15) is 0 Å². The number of nitrogens with one attached hydrogen (secondary N) is 1. The van der Waals surface area contributed by atoms with Gasteiger partial charge in [0.05, 0.1) is 6.61 Å². The second-order valence-corrected chi connectivity index (χ2v) is 6.52. The first-order valence-electron chi connectivity index (χ1n) is 7.52. The normalized spacial score (nSPS) is 29.2. The van der Waals surface area contributed by atoms with E-state index >= 15 is 0 Å². The van der Waals surface area contributed by atoms with E-state index in [1.165, 1.54) is 25.7 Å². The molecule has 0 heterocycles. The zero-order valence-corrected chi connectivity index (χ0v) is 12.7. The molecule has 0 saturated heterocycles. The first-order chi connectivity index (χ1) is 8.53. The molecule has 18 heavy (non-hydrogen) atoms. The Kier molecular flexibility index (Phi) is 6.61. The van der Waals surface area contributed by atoms with Crippen LogP contribution in [-0.2, 0) is 0 Å². The third-order valence-corrected chi connectivity index (χ3v) is 4.39. The van der Waals surface area contributed by atoms with Gasteiger partial charge in [-0.3, -0.25) is 4.90 Å². The van der Waals surface area contributed by atoms with Crippen molar-refractivity contribution in [1.29, 1.82) is 0 Å². The Morgan fingerprint density at radius 1 is 1.44 bits per heavy atom. The van der Waals surface area contributed by atoms with Crippen molar-refractivity contribution in [1.82, 2.24) is 10.2 Å². The molecule has 0 spiro atoms. The Labute approximate surface area is 113 Å². The highest BCUT2D eigenvalue weighted by Gasteiger charge is 2.36. The molecule has 0 aliphatic heterocycles. The van der Waals surface area contributed by atoms with Gasteiger partial charge in [-0.15, -0.1) is 0 Å². The number of aliphatic hydroxyl groups is 1. The van der Waals surface area contributed by atoms with Crippen LogP contribution in [0, 0.1) is 11.3 Å². The minimum Gasteiger partial charge on any atom is -0.395 e. The smallest absolute Gasteiger partial charge is 0.0558 e. The molecule has 1 aliphatic rings. The first-order valence-corrected chi connectivity index (χ1v) is 7.52. The predicted octanol–water partition coefficient (Wildman–Crippen LogP) is 2.10. The molecule has 2 atom stereocenters. The fraction of sp³-hybridized carbons (Fsp3) is 1.00. The zero-order valence-electron chi connectivity index (χ0n) is 12.7. The van der Waals surface area contributed by atoms with Crippen LogP contribution in [0.3, 0.4) is 0 Å². The van der Waals surface area contributed by atoms with Gasteiger partial charge < -0.3 is 10.4 Å². The van der Waals surface area contributed by atoms with Crippen LogP contribution in [0.15, 0.2) is 0 Å². The van der Waals surface area contributed by atoms with Gasteiger partial charge in [0, 0.05) is 25.7 Å². The van der Waals surface area contributed by atoms with E-state index < -0.39 is 0 Å². The lowest BCUT2D eigenvalue weighted by Gasteiger charge is -2.44. The van der Waals surface area contributed by atoms with Crippen molar-refractivity contribution in [2.75, 3.05) is 33.3 Å². The summed E-state index contributed by atoms with van der Waals surface area (Å²) >= 11 is 0. The van der Waals surface area contributed by atoms with E-state index in [1.807, 2.05) is 0 Å². The minimum absolute atomic E-state index is 0.267. The average molecular weight is 256 g/mol. The van der Waals surface area contributed by atoms with E-state index in [1.54, 1.807) is 0 Å². The molecule has 3 nitrogen and oxygen atoms in total. The molecule has 1 fully saturated rings. The zero-order chi connectivity index (χ0) is 13.6. The van der Waals surface area contributed by atoms with Crippen molar-refractivity contribution >= 4 is 0 Å². The van der Waals surface area contributed by atoms with Crippen molar-refractivity contribution < 1.29 is 5.11 Å². The van der Waals surface area contributed by atoms with Crippen molar-refractivity contribution in [2.24, 2.45) is 11.3 Å². The third kappa shape index (κ3) is 4.52. The van der Waals surface area contributed by atoms with Gasteiger partial charge >= 0.3 is 0 Å². The van der Waals surface area contributed by atoms with E-state index in [4.69, 9.17) is 0 Å². The van der Waals surface area contributed by atoms with Gasteiger partial charge in [0.1, 0.15) is 0 Å². The first kappa shape index (κ1) is 15.9. The van der Waals surface area contributed by atoms with Gasteiger partial charge in [-0.1, -0.05) is 19.8 Å². The molecule has 3 heteroatoms. The molecule has 0 aromatic rings. The van der Waals surface area contributed by atoms with Crippen LogP contribution >= 0.6 is 0 Å². The van der Waals surface area contributed by atoms with E-state index in [2.05, 4.69) is 38.0 Å². The molecule has 1 saturated carbocycles. The highest BCUT2D eigenvalue weighted by atomic mass is 16.3. The molecule has 108 valence electrons. The van der Waals surface area contributed by atoms with Crippen LogP contribution in [0.25, 0.3) is 0 Å². The van der Waals surface area contributed by atoms with Gasteiger partial charge in [0.15, 0.2) is 0 Å². The van der Waals surface area contributed by atoms with Gasteiger partial charge in [0.25, 0.3) is 0 Å². The molecule has 0 aromatic heterocycles. The molecule has 1 aliphatic carbocycles. The maximum atomic E-state index is 9.22. The quantitative estimate of drug-likeness (QED) is 0.732. The van der Waals surface area contributed by atoms with Crippen LogP contribution < -0.4 is 5.32 Å². The molecule has 1 rings (SSSR count). The second kappa shape index (κ2) is 7.46. The summed E-state index contributed by atoms with van der Waals surface area (Å²) in [5, 5.41) is 12.6. The minimum atomic E-state index is 0.267. The standard InChI is InChI=1S/C15H32N2O/c1-13(2)17(8-9-18)12-15(11-16-4)7-5-6-14(3)10-15/h13-14,16,18H,5-12H2,1-4H3. The summed E-state index contributed by atoms with van der Waals surface area (Å²) in [5.41, 5.74) is 0.409. The van der Waals surface area contributed by atoms with Gasteiger partial charge in [-0.25, -0.2) is 0 Å². The summed E-state index contributed by atoms with van der Waals surface area (Å²) in [6, 6.07) is 0.517. The Bertz CT molecular complexity index is 229. The summed E-state index contributed by atoms with van der Waals surface area (Å²) in [6.45, 7) is 10.1. The average Bonchev–Trinajstić information content (AvgIpc) is 2.28. The van der Waals surface area contributed by atoms with E-state index in [-0.39, 0.29) is 6.61 Å². The maximum Gasteiger partial charge on any atom is 0.0558 e. The topological polar surface area (TPSA) is 35.5 Å². The van der Waals surface area contributed by atoms with Gasteiger partial charge in [0.2, 0.25) is 0 Å². The molecular formula is C15H32N2O. The third-order valence-electron chi connectivity index (χ3n) is 4.39. The van der Waals surface area contributed by atoms with Crippen molar-refractivity contribution in [3.63, 3.8) is 0 Å².